The molecular weight excluding hydrogens is 484 g/mol. The SMILES string of the molecule is Cc1ccc(NC(=O)Nc2ncc(C(CCN(C)C)Sc3nnn[nH]3)s2)c(C(=O)C2CCCC2)c1. The molecule has 0 bridgehead atoms. The number of thioether (sulfide) groups is 1. The maximum Gasteiger partial charge on any atom is 0.325 e. The van der Waals surface area contributed by atoms with E-state index < -0.39 is 6.03 Å². The summed E-state index contributed by atoms with van der Waals surface area (Å²) in [7, 11) is 4.05. The molecule has 0 radical (unpaired) electrons. The number of nitrogens with one attached hydrogen (secondary N) is 3. The Morgan fingerprint density at radius 3 is 2.77 bits per heavy atom. The maximum atomic E-state index is 13.1. The number of urea groups is 1. The quantitative estimate of drug-likeness (QED) is 0.261. The van der Waals surface area contributed by atoms with Gasteiger partial charge in [-0.1, -0.05) is 36.2 Å². The predicted octanol–water partition coefficient (Wildman–Crippen LogP) is 4.77. The number of nitrogens with zero attached hydrogens (tertiary/aromatic N) is 5. The third kappa shape index (κ3) is 6.86. The molecule has 1 atom stereocenters. The maximum absolute atomic E-state index is 13.1. The number of H-pyrrole nitrogens is 1. The monoisotopic (exact) mass is 514 g/mol. The Bertz CT molecular complexity index is 1140. The molecule has 35 heavy (non-hydrogen) atoms. The Balaban J connectivity index is 1.43. The van der Waals surface area contributed by atoms with E-state index in [1.54, 1.807) is 12.3 Å². The molecule has 1 saturated carbocycles. The van der Waals surface area contributed by atoms with E-state index in [0.717, 1.165) is 49.1 Å². The normalized spacial score (nSPS) is 14.9. The van der Waals surface area contributed by atoms with Crippen LogP contribution in [0, 0.1) is 12.8 Å². The zero-order valence-corrected chi connectivity index (χ0v) is 21.7. The first-order chi connectivity index (χ1) is 16.9. The minimum atomic E-state index is -0.424. The van der Waals surface area contributed by atoms with E-state index in [1.165, 1.54) is 23.1 Å². The number of aryl methyl sites for hydroxylation is 1. The van der Waals surface area contributed by atoms with E-state index in [1.807, 2.05) is 33.2 Å². The topological polar surface area (TPSA) is 129 Å². The Morgan fingerprint density at radius 2 is 2.06 bits per heavy atom. The number of carbonyl (C=O) groups excluding carboxylic acids is 2. The number of thiazole rings is 1. The average molecular weight is 515 g/mol. The van der Waals surface area contributed by atoms with Crippen molar-refractivity contribution in [1.29, 1.82) is 0 Å². The molecule has 3 N–H and O–H groups in total. The number of anilines is 2. The van der Waals surface area contributed by atoms with Crippen LogP contribution in [0.5, 0.6) is 0 Å². The number of aromatic nitrogens is 5. The number of hydrogen-bond donors (Lipinski definition) is 3. The van der Waals surface area contributed by atoms with Crippen LogP contribution in [0.2, 0.25) is 0 Å². The minimum Gasteiger partial charge on any atom is -0.309 e. The van der Waals surface area contributed by atoms with E-state index in [-0.39, 0.29) is 17.0 Å². The van der Waals surface area contributed by atoms with E-state index in [9.17, 15) is 9.59 Å². The fourth-order valence-corrected chi connectivity index (χ4v) is 6.06. The zero-order chi connectivity index (χ0) is 24.8. The van der Waals surface area contributed by atoms with Crippen LogP contribution in [0.4, 0.5) is 15.6 Å². The van der Waals surface area contributed by atoms with Crippen molar-refractivity contribution in [3.05, 3.63) is 40.4 Å². The van der Waals surface area contributed by atoms with Crippen LogP contribution in [-0.2, 0) is 0 Å². The molecular formula is C23H30N8O2S2. The first-order valence-corrected chi connectivity index (χ1v) is 13.3. The molecule has 1 aliphatic rings. The predicted molar refractivity (Wildman–Crippen MR) is 138 cm³/mol. The highest BCUT2D eigenvalue weighted by Gasteiger charge is 2.26. The smallest absolute Gasteiger partial charge is 0.309 e. The number of ketones is 1. The lowest BCUT2D eigenvalue weighted by Crippen LogP contribution is -2.22. The van der Waals surface area contributed by atoms with Crippen molar-refractivity contribution in [3.8, 4) is 0 Å². The van der Waals surface area contributed by atoms with Crippen molar-refractivity contribution in [2.75, 3.05) is 31.3 Å². The van der Waals surface area contributed by atoms with Crippen molar-refractivity contribution < 1.29 is 9.59 Å². The molecule has 186 valence electrons. The van der Waals surface area contributed by atoms with Gasteiger partial charge in [0.25, 0.3) is 0 Å². The van der Waals surface area contributed by atoms with Crippen molar-refractivity contribution in [2.45, 2.75) is 49.4 Å². The van der Waals surface area contributed by atoms with Gasteiger partial charge in [0.1, 0.15) is 0 Å². The van der Waals surface area contributed by atoms with Gasteiger partial charge >= 0.3 is 6.03 Å². The summed E-state index contributed by atoms with van der Waals surface area (Å²) >= 11 is 2.94. The Kier molecular flexibility index (Phi) is 8.47. The average Bonchev–Trinajstić information content (AvgIpc) is 3.60. The first-order valence-electron chi connectivity index (χ1n) is 11.6. The molecule has 3 aromatic rings. The molecule has 2 heterocycles. The molecule has 1 unspecified atom stereocenters. The minimum absolute atomic E-state index is 0.0399. The second-order valence-corrected chi connectivity index (χ2v) is 11.2. The second kappa shape index (κ2) is 11.7. The Morgan fingerprint density at radius 1 is 1.26 bits per heavy atom. The first kappa shape index (κ1) is 25.3. The van der Waals surface area contributed by atoms with Crippen LogP contribution < -0.4 is 10.6 Å². The number of aromatic amines is 1. The molecule has 10 nitrogen and oxygen atoms in total. The van der Waals surface area contributed by atoms with Gasteiger partial charge in [0.2, 0.25) is 5.16 Å². The summed E-state index contributed by atoms with van der Waals surface area (Å²) in [6.07, 6.45) is 6.63. The van der Waals surface area contributed by atoms with Crippen molar-refractivity contribution in [3.63, 3.8) is 0 Å². The van der Waals surface area contributed by atoms with Gasteiger partial charge in [0.15, 0.2) is 10.9 Å². The molecule has 2 aromatic heterocycles. The molecule has 1 aliphatic carbocycles. The van der Waals surface area contributed by atoms with Gasteiger partial charge < -0.3 is 10.2 Å². The fourth-order valence-electron chi connectivity index (χ4n) is 4.09. The van der Waals surface area contributed by atoms with Crippen molar-refractivity contribution in [1.82, 2.24) is 30.5 Å². The van der Waals surface area contributed by atoms with Gasteiger partial charge in [-0.15, -0.1) is 16.4 Å². The number of benzene rings is 1. The summed E-state index contributed by atoms with van der Waals surface area (Å²) in [6.45, 7) is 2.83. The van der Waals surface area contributed by atoms with Crippen LogP contribution in [-0.4, -0.2) is 63.0 Å². The van der Waals surface area contributed by atoms with Crippen LogP contribution in [0.15, 0.2) is 29.6 Å². The fraction of sp³-hybridized carbons (Fsp3) is 0.478. The van der Waals surface area contributed by atoms with Gasteiger partial charge in [-0.3, -0.25) is 10.1 Å². The molecule has 0 saturated heterocycles. The third-order valence-electron chi connectivity index (χ3n) is 5.89. The number of hydrogen-bond acceptors (Lipinski definition) is 9. The Hall–Kier alpha value is -2.83. The lowest BCUT2D eigenvalue weighted by Gasteiger charge is -2.16. The summed E-state index contributed by atoms with van der Waals surface area (Å²) in [5.41, 5.74) is 2.09. The lowest BCUT2D eigenvalue weighted by molar-refractivity contribution is 0.0923. The second-order valence-electron chi connectivity index (χ2n) is 8.95. The van der Waals surface area contributed by atoms with E-state index >= 15 is 0 Å². The van der Waals surface area contributed by atoms with Gasteiger partial charge in [0, 0.05) is 27.8 Å². The number of tetrazole rings is 1. The van der Waals surface area contributed by atoms with Gasteiger partial charge in [0.05, 0.1) is 5.69 Å². The number of Topliss-reactive ketones (excluding diaryl/α,β-unsaturated/α-hetero) is 1. The third-order valence-corrected chi connectivity index (χ3v) is 8.24. The van der Waals surface area contributed by atoms with Gasteiger partial charge in [-0.05, 0) is 69.4 Å². The molecule has 0 spiro atoms. The molecule has 0 aliphatic heterocycles. The highest BCUT2D eigenvalue weighted by Crippen LogP contribution is 2.39. The lowest BCUT2D eigenvalue weighted by atomic mass is 9.94. The van der Waals surface area contributed by atoms with Crippen LogP contribution >= 0.6 is 23.1 Å². The van der Waals surface area contributed by atoms with Gasteiger partial charge in [-0.25, -0.2) is 14.9 Å². The van der Waals surface area contributed by atoms with E-state index in [4.69, 9.17) is 0 Å². The summed E-state index contributed by atoms with van der Waals surface area (Å²) < 4.78 is 0. The van der Waals surface area contributed by atoms with Crippen LogP contribution in [0.25, 0.3) is 0 Å². The standard InChI is InChI=1S/C23H30N8O2S2/c1-14-8-9-17(16(12-14)20(32)15-6-4-5-7-15)25-21(33)26-22-24-13-19(35-22)18(10-11-31(2)3)34-23-27-29-30-28-23/h8-9,12-13,15,18H,4-7,10-11H2,1-3H3,(H2,24,25,26,33)(H,27,28,29,30). The van der Waals surface area contributed by atoms with Crippen LogP contribution in [0.1, 0.15) is 58.2 Å². The Labute approximate surface area is 212 Å². The van der Waals surface area contributed by atoms with E-state index in [2.05, 4.69) is 41.1 Å². The summed E-state index contributed by atoms with van der Waals surface area (Å²) in [5, 5.41) is 20.9. The highest BCUT2D eigenvalue weighted by atomic mass is 32.2. The van der Waals surface area contributed by atoms with Crippen molar-refractivity contribution in [2.24, 2.45) is 5.92 Å². The molecule has 1 aromatic carbocycles. The molecule has 4 rings (SSSR count). The van der Waals surface area contributed by atoms with Crippen molar-refractivity contribution >= 4 is 45.7 Å². The molecule has 1 fully saturated rings. The highest BCUT2D eigenvalue weighted by molar-refractivity contribution is 7.99. The number of rotatable bonds is 10. The van der Waals surface area contributed by atoms with E-state index in [0.29, 0.717) is 21.5 Å². The van der Waals surface area contributed by atoms with Gasteiger partial charge in [-0.2, -0.15) is 0 Å². The number of amides is 2. The molecule has 2 amide bonds. The summed E-state index contributed by atoms with van der Waals surface area (Å²) in [5.74, 6) is 0.152. The zero-order valence-electron chi connectivity index (χ0n) is 20.1. The number of carbonyl (C=O) groups is 2. The largest absolute Gasteiger partial charge is 0.325 e. The summed E-state index contributed by atoms with van der Waals surface area (Å²) in [6, 6.07) is 5.13. The molecule has 12 heteroatoms. The summed E-state index contributed by atoms with van der Waals surface area (Å²) in [4.78, 5) is 33.4. The van der Waals surface area contributed by atoms with Crippen LogP contribution in [0.3, 0.4) is 0 Å².